The van der Waals surface area contributed by atoms with E-state index in [1.165, 1.54) is 12.8 Å². The molecule has 0 heterocycles. The van der Waals surface area contributed by atoms with Crippen molar-refractivity contribution in [1.29, 1.82) is 0 Å². The topological polar surface area (TPSA) is 20.2 Å². The first kappa shape index (κ1) is 17.4. The highest BCUT2D eigenvalue weighted by atomic mass is 19.3. The van der Waals surface area contributed by atoms with Crippen LogP contribution < -0.4 is 0 Å². The highest BCUT2D eigenvalue weighted by Gasteiger charge is 2.53. The number of allylic oxidation sites excluding steroid dienone is 1. The van der Waals surface area contributed by atoms with E-state index in [1.54, 1.807) is 0 Å². The van der Waals surface area contributed by atoms with Crippen molar-refractivity contribution in [2.24, 2.45) is 34.5 Å². The number of rotatable bonds is 2. The molecule has 0 aromatic carbocycles. The Labute approximate surface area is 139 Å². The second kappa shape index (κ2) is 6.13. The number of halogens is 2. The highest BCUT2D eigenvalue weighted by Crippen LogP contribution is 2.62. The van der Waals surface area contributed by atoms with Crippen LogP contribution >= 0.6 is 0 Å². The Kier molecular flexibility index (Phi) is 4.63. The van der Waals surface area contributed by atoms with Crippen molar-refractivity contribution in [3.8, 4) is 0 Å². The van der Waals surface area contributed by atoms with E-state index >= 15 is 0 Å². The Morgan fingerprint density at radius 2 is 1.83 bits per heavy atom. The van der Waals surface area contributed by atoms with Crippen LogP contribution in [0.1, 0.15) is 72.1 Å². The lowest BCUT2D eigenvalue weighted by atomic mass is 9.52. The average molecular weight is 326 g/mol. The van der Waals surface area contributed by atoms with Gasteiger partial charge >= 0.3 is 0 Å². The third-order valence-corrected chi connectivity index (χ3v) is 8.09. The summed E-state index contributed by atoms with van der Waals surface area (Å²) in [6.07, 6.45) is 6.68. The summed E-state index contributed by atoms with van der Waals surface area (Å²) in [7, 11) is 0. The van der Waals surface area contributed by atoms with Crippen molar-refractivity contribution in [1.82, 2.24) is 0 Å². The molecule has 3 aliphatic carbocycles. The van der Waals surface area contributed by atoms with Crippen LogP contribution in [0, 0.1) is 34.5 Å². The number of aliphatic hydroxyl groups is 1. The minimum atomic E-state index is -1.42. The SMILES string of the molecule is C[C@H]1CC[C@](C)(C2CC[C@]3(C)C(=C(F)F)CCC3C2)[C@@H](CO)C1. The summed E-state index contributed by atoms with van der Waals surface area (Å²) in [5, 5.41) is 9.92. The highest BCUT2D eigenvalue weighted by molar-refractivity contribution is 5.22. The van der Waals surface area contributed by atoms with Gasteiger partial charge in [-0.3, -0.25) is 0 Å². The zero-order valence-electron chi connectivity index (χ0n) is 14.9. The molecule has 0 radical (unpaired) electrons. The largest absolute Gasteiger partial charge is 0.396 e. The quantitative estimate of drug-likeness (QED) is 0.681. The summed E-state index contributed by atoms with van der Waals surface area (Å²) >= 11 is 0. The molecule has 132 valence electrons. The first-order valence-corrected chi connectivity index (χ1v) is 9.46. The molecule has 3 fully saturated rings. The van der Waals surface area contributed by atoms with Crippen molar-refractivity contribution in [2.45, 2.75) is 72.1 Å². The molecule has 6 atom stereocenters. The van der Waals surface area contributed by atoms with E-state index in [-0.39, 0.29) is 17.4 Å². The fourth-order valence-electron chi connectivity index (χ4n) is 6.20. The molecule has 2 unspecified atom stereocenters. The summed E-state index contributed by atoms with van der Waals surface area (Å²) in [6, 6.07) is 0. The van der Waals surface area contributed by atoms with Gasteiger partial charge in [-0.2, -0.15) is 8.78 Å². The lowest BCUT2D eigenvalue weighted by molar-refractivity contribution is -0.0448. The van der Waals surface area contributed by atoms with E-state index in [4.69, 9.17) is 0 Å². The summed E-state index contributed by atoms with van der Waals surface area (Å²) in [5.41, 5.74) is 0.383. The van der Waals surface area contributed by atoms with Gasteiger partial charge in [-0.05, 0) is 79.4 Å². The third kappa shape index (κ3) is 2.77. The van der Waals surface area contributed by atoms with Crippen molar-refractivity contribution in [2.75, 3.05) is 6.61 Å². The van der Waals surface area contributed by atoms with Crippen LogP contribution in [0.25, 0.3) is 0 Å². The van der Waals surface area contributed by atoms with Gasteiger partial charge in [-0.1, -0.05) is 27.2 Å². The van der Waals surface area contributed by atoms with Crippen LogP contribution in [0.4, 0.5) is 8.78 Å². The fourth-order valence-corrected chi connectivity index (χ4v) is 6.20. The molecule has 3 saturated carbocycles. The first-order valence-electron chi connectivity index (χ1n) is 9.46. The second-order valence-corrected chi connectivity index (χ2v) is 9.13. The first-order chi connectivity index (χ1) is 10.8. The van der Waals surface area contributed by atoms with Gasteiger partial charge in [0.05, 0.1) is 0 Å². The Hall–Kier alpha value is -0.440. The zero-order valence-corrected chi connectivity index (χ0v) is 14.9. The van der Waals surface area contributed by atoms with Gasteiger partial charge in [-0.15, -0.1) is 0 Å². The van der Waals surface area contributed by atoms with Gasteiger partial charge in [-0.25, -0.2) is 0 Å². The van der Waals surface area contributed by atoms with E-state index in [1.807, 2.05) is 0 Å². The molecular weight excluding hydrogens is 294 g/mol. The Morgan fingerprint density at radius 1 is 1.09 bits per heavy atom. The van der Waals surface area contributed by atoms with Crippen LogP contribution in [0.2, 0.25) is 0 Å². The molecule has 1 nitrogen and oxygen atoms in total. The molecule has 3 heteroatoms. The molecule has 0 aromatic heterocycles. The lowest BCUT2D eigenvalue weighted by Gasteiger charge is -2.53. The van der Waals surface area contributed by atoms with E-state index in [0.29, 0.717) is 35.7 Å². The molecular formula is C20H32F2O. The Morgan fingerprint density at radius 3 is 2.48 bits per heavy atom. The molecule has 0 spiro atoms. The van der Waals surface area contributed by atoms with Gasteiger partial charge < -0.3 is 5.11 Å². The van der Waals surface area contributed by atoms with Crippen molar-refractivity contribution in [3.63, 3.8) is 0 Å². The van der Waals surface area contributed by atoms with Crippen LogP contribution in [-0.4, -0.2) is 11.7 Å². The number of hydrogen-bond acceptors (Lipinski definition) is 1. The predicted molar refractivity (Wildman–Crippen MR) is 89.1 cm³/mol. The van der Waals surface area contributed by atoms with Crippen LogP contribution in [0.3, 0.4) is 0 Å². The Bertz CT molecular complexity index is 484. The monoisotopic (exact) mass is 326 g/mol. The molecule has 0 aromatic rings. The molecule has 3 aliphatic rings. The van der Waals surface area contributed by atoms with Crippen molar-refractivity contribution in [3.05, 3.63) is 11.7 Å². The Balaban J connectivity index is 1.79. The number of aliphatic hydroxyl groups excluding tert-OH is 1. The van der Waals surface area contributed by atoms with E-state index < -0.39 is 6.08 Å². The third-order valence-electron chi connectivity index (χ3n) is 8.09. The normalized spacial score (nSPS) is 47.5. The van der Waals surface area contributed by atoms with Gasteiger partial charge in [0.2, 0.25) is 0 Å². The number of hydrogen-bond donors (Lipinski definition) is 1. The van der Waals surface area contributed by atoms with E-state index in [9.17, 15) is 13.9 Å². The average Bonchev–Trinajstić information content (AvgIpc) is 2.86. The summed E-state index contributed by atoms with van der Waals surface area (Å²) in [6.45, 7) is 7.01. The van der Waals surface area contributed by atoms with Gasteiger partial charge in [0.1, 0.15) is 0 Å². The van der Waals surface area contributed by atoms with Crippen molar-refractivity contribution < 1.29 is 13.9 Å². The molecule has 0 saturated heterocycles. The minimum Gasteiger partial charge on any atom is -0.396 e. The molecule has 3 rings (SSSR count). The van der Waals surface area contributed by atoms with Crippen molar-refractivity contribution >= 4 is 0 Å². The van der Waals surface area contributed by atoms with Gasteiger partial charge in [0.25, 0.3) is 6.08 Å². The van der Waals surface area contributed by atoms with Gasteiger partial charge in [0, 0.05) is 12.2 Å². The van der Waals surface area contributed by atoms with Crippen LogP contribution in [0.5, 0.6) is 0 Å². The standard InChI is InChI=1S/C20H32F2O/c1-13-6-8-19(2,16(10-13)12-23)15-7-9-20(3)14(11-15)4-5-17(20)18(21)22/h13-16,23H,4-12H2,1-3H3/t13-,14?,15?,16+,19+,20-/m0/s1. The summed E-state index contributed by atoms with van der Waals surface area (Å²) < 4.78 is 26.6. The molecule has 23 heavy (non-hydrogen) atoms. The maximum Gasteiger partial charge on any atom is 0.270 e. The molecule has 0 bridgehead atoms. The second-order valence-electron chi connectivity index (χ2n) is 9.13. The minimum absolute atomic E-state index is 0.198. The predicted octanol–water partition coefficient (Wildman–Crippen LogP) is 5.79. The van der Waals surface area contributed by atoms with Crippen LogP contribution in [0.15, 0.2) is 11.7 Å². The fraction of sp³-hybridized carbons (Fsp3) is 0.900. The molecule has 1 N–H and O–H groups in total. The summed E-state index contributed by atoms with van der Waals surface area (Å²) in [4.78, 5) is 0. The zero-order chi connectivity index (χ0) is 16.8. The van der Waals surface area contributed by atoms with E-state index in [0.717, 1.165) is 32.1 Å². The van der Waals surface area contributed by atoms with Gasteiger partial charge in [0.15, 0.2) is 0 Å². The summed E-state index contributed by atoms with van der Waals surface area (Å²) in [5.74, 6) is 2.09. The molecule has 0 amide bonds. The maximum absolute atomic E-state index is 13.3. The number of fused-ring (bicyclic) bond motifs is 1. The molecule has 0 aliphatic heterocycles. The maximum atomic E-state index is 13.3. The smallest absolute Gasteiger partial charge is 0.270 e. The van der Waals surface area contributed by atoms with E-state index in [2.05, 4.69) is 20.8 Å². The van der Waals surface area contributed by atoms with Crippen LogP contribution in [-0.2, 0) is 0 Å². The lowest BCUT2D eigenvalue weighted by Crippen LogP contribution is -2.45.